The van der Waals surface area contributed by atoms with Crippen molar-refractivity contribution < 1.29 is 13.2 Å². The molecule has 0 bridgehead atoms. The maximum Gasteiger partial charge on any atom is 0.240 e. The molecule has 0 unspecified atom stereocenters. The summed E-state index contributed by atoms with van der Waals surface area (Å²) >= 11 is 0. The minimum Gasteiger partial charge on any atom is -0.326 e. The molecule has 2 aliphatic rings. The summed E-state index contributed by atoms with van der Waals surface area (Å²) in [6.07, 6.45) is 1.87. The van der Waals surface area contributed by atoms with Gasteiger partial charge in [-0.25, -0.2) is 13.1 Å². The summed E-state index contributed by atoms with van der Waals surface area (Å²) in [7, 11) is -3.61. The Balaban J connectivity index is 0.00000210. The van der Waals surface area contributed by atoms with Gasteiger partial charge in [-0.05, 0) is 53.3 Å². The summed E-state index contributed by atoms with van der Waals surface area (Å²) in [5, 5.41) is 6.10. The molecule has 0 saturated heterocycles. The number of sulfonamides is 1. The Morgan fingerprint density at radius 2 is 1.78 bits per heavy atom. The van der Waals surface area contributed by atoms with Gasteiger partial charge < -0.3 is 10.6 Å². The van der Waals surface area contributed by atoms with E-state index >= 15 is 0 Å². The molecule has 2 aromatic carbocycles. The normalized spacial score (nSPS) is 15.9. The summed E-state index contributed by atoms with van der Waals surface area (Å²) in [5.74, 6) is -0.0245. The number of carbonyl (C=O) groups excluding carboxylic acids is 1. The van der Waals surface area contributed by atoms with E-state index in [1.807, 2.05) is 18.2 Å². The van der Waals surface area contributed by atoms with Crippen molar-refractivity contribution in [1.29, 1.82) is 0 Å². The summed E-state index contributed by atoms with van der Waals surface area (Å²) in [6.45, 7) is 1.95. The van der Waals surface area contributed by atoms with Crippen molar-refractivity contribution in [3.63, 3.8) is 0 Å². The van der Waals surface area contributed by atoms with Crippen LogP contribution in [-0.2, 0) is 40.9 Å². The van der Waals surface area contributed by atoms with Crippen molar-refractivity contribution in [3.05, 3.63) is 58.7 Å². The zero-order valence-corrected chi connectivity index (χ0v) is 16.4. The number of halogens is 1. The third kappa shape index (κ3) is 4.32. The van der Waals surface area contributed by atoms with Gasteiger partial charge in [-0.1, -0.05) is 18.2 Å². The number of rotatable bonds is 4. The quantitative estimate of drug-likeness (QED) is 0.726. The average Bonchev–Trinajstić information content (AvgIpc) is 3.00. The Kier molecular flexibility index (Phi) is 5.86. The van der Waals surface area contributed by atoms with Crippen molar-refractivity contribution in [3.8, 4) is 0 Å². The van der Waals surface area contributed by atoms with Crippen molar-refractivity contribution in [2.75, 3.05) is 5.32 Å². The molecule has 2 heterocycles. The lowest BCUT2D eigenvalue weighted by Gasteiger charge is -2.11. The summed E-state index contributed by atoms with van der Waals surface area (Å²) in [6, 6.07) is 10.9. The Bertz CT molecular complexity index is 976. The Labute approximate surface area is 165 Å². The standard InChI is InChI=1S/C19H21N3O3S.ClH/c23-19-3-1-2-14-9-17(6-7-18(14)22-19)26(24,25)21-10-13-4-5-15-11-20-12-16(15)8-13;/h4-9,20-21H,1-3,10-12H2,(H,22,23);1H. The second-order valence-corrected chi connectivity index (χ2v) is 8.52. The molecule has 4 rings (SSSR count). The Hall–Kier alpha value is -1.93. The van der Waals surface area contributed by atoms with E-state index in [-0.39, 0.29) is 29.8 Å². The monoisotopic (exact) mass is 407 g/mol. The lowest BCUT2D eigenvalue weighted by atomic mass is 10.1. The molecule has 27 heavy (non-hydrogen) atoms. The van der Waals surface area contributed by atoms with Crippen LogP contribution in [-0.4, -0.2) is 14.3 Å². The van der Waals surface area contributed by atoms with Gasteiger partial charge in [-0.3, -0.25) is 4.79 Å². The summed E-state index contributed by atoms with van der Waals surface area (Å²) in [4.78, 5) is 11.9. The van der Waals surface area contributed by atoms with Crippen molar-refractivity contribution in [2.24, 2.45) is 0 Å². The highest BCUT2D eigenvalue weighted by Gasteiger charge is 2.19. The highest BCUT2D eigenvalue weighted by Crippen LogP contribution is 2.25. The number of hydrogen-bond acceptors (Lipinski definition) is 4. The number of fused-ring (bicyclic) bond motifs is 2. The van der Waals surface area contributed by atoms with Crippen LogP contribution in [0.15, 0.2) is 41.3 Å². The second-order valence-electron chi connectivity index (χ2n) is 6.75. The molecule has 0 radical (unpaired) electrons. The molecule has 3 N–H and O–H groups in total. The average molecular weight is 408 g/mol. The van der Waals surface area contributed by atoms with E-state index in [0.717, 1.165) is 30.6 Å². The largest absolute Gasteiger partial charge is 0.326 e. The van der Waals surface area contributed by atoms with Gasteiger partial charge in [0.15, 0.2) is 0 Å². The number of nitrogens with one attached hydrogen (secondary N) is 3. The van der Waals surface area contributed by atoms with E-state index in [9.17, 15) is 13.2 Å². The molecular formula is C19H22ClN3O3S. The van der Waals surface area contributed by atoms with Gasteiger partial charge in [-0.15, -0.1) is 12.4 Å². The smallest absolute Gasteiger partial charge is 0.240 e. The van der Waals surface area contributed by atoms with Crippen molar-refractivity contribution in [2.45, 2.75) is 43.8 Å². The molecule has 2 aromatic rings. The van der Waals surface area contributed by atoms with Crippen LogP contribution < -0.4 is 15.4 Å². The van der Waals surface area contributed by atoms with Crippen LogP contribution in [0.1, 0.15) is 35.1 Å². The molecule has 0 saturated carbocycles. The third-order valence-electron chi connectivity index (χ3n) is 4.88. The first-order valence-electron chi connectivity index (χ1n) is 8.75. The fraction of sp³-hybridized carbons (Fsp3) is 0.316. The van der Waals surface area contributed by atoms with Crippen LogP contribution in [0.2, 0.25) is 0 Å². The fourth-order valence-electron chi connectivity index (χ4n) is 3.44. The van der Waals surface area contributed by atoms with Crippen LogP contribution in [0.25, 0.3) is 0 Å². The molecule has 2 aliphatic heterocycles. The third-order valence-corrected chi connectivity index (χ3v) is 6.28. The number of benzene rings is 2. The van der Waals surface area contributed by atoms with E-state index in [1.165, 1.54) is 11.1 Å². The van der Waals surface area contributed by atoms with Gasteiger partial charge in [0, 0.05) is 31.7 Å². The zero-order valence-electron chi connectivity index (χ0n) is 14.7. The van der Waals surface area contributed by atoms with Crippen LogP contribution in [0, 0.1) is 0 Å². The van der Waals surface area contributed by atoms with E-state index in [0.29, 0.717) is 18.5 Å². The maximum absolute atomic E-state index is 12.7. The first kappa shape index (κ1) is 19.8. The molecule has 0 spiro atoms. The van der Waals surface area contributed by atoms with Gasteiger partial charge in [0.25, 0.3) is 0 Å². The molecular weight excluding hydrogens is 386 g/mol. The number of anilines is 1. The molecule has 144 valence electrons. The van der Waals surface area contributed by atoms with E-state index in [2.05, 4.69) is 15.4 Å². The fourth-order valence-corrected chi connectivity index (χ4v) is 4.51. The van der Waals surface area contributed by atoms with Gasteiger partial charge >= 0.3 is 0 Å². The SMILES string of the molecule is Cl.O=C1CCCc2cc(S(=O)(=O)NCc3ccc4c(c3)CNC4)ccc2N1. The van der Waals surface area contributed by atoms with Gasteiger partial charge in [0.2, 0.25) is 15.9 Å². The van der Waals surface area contributed by atoms with Crippen LogP contribution in [0.3, 0.4) is 0 Å². The van der Waals surface area contributed by atoms with Crippen molar-refractivity contribution >= 4 is 34.0 Å². The number of amides is 1. The second kappa shape index (κ2) is 7.98. The predicted octanol–water partition coefficient (Wildman–Crippen LogP) is 2.46. The Morgan fingerprint density at radius 1 is 0.963 bits per heavy atom. The maximum atomic E-state index is 12.7. The molecule has 8 heteroatoms. The first-order chi connectivity index (χ1) is 12.5. The zero-order chi connectivity index (χ0) is 18.1. The van der Waals surface area contributed by atoms with E-state index < -0.39 is 10.0 Å². The van der Waals surface area contributed by atoms with Crippen molar-refractivity contribution in [1.82, 2.24) is 10.0 Å². The topological polar surface area (TPSA) is 87.3 Å². The molecule has 0 fully saturated rings. The van der Waals surface area contributed by atoms with E-state index in [1.54, 1.807) is 18.2 Å². The first-order valence-corrected chi connectivity index (χ1v) is 10.2. The van der Waals surface area contributed by atoms with Gasteiger partial charge in [0.05, 0.1) is 4.90 Å². The minimum atomic E-state index is -3.61. The van der Waals surface area contributed by atoms with Gasteiger partial charge in [-0.2, -0.15) is 0 Å². The number of carbonyl (C=O) groups is 1. The number of aryl methyl sites for hydroxylation is 1. The highest BCUT2D eigenvalue weighted by molar-refractivity contribution is 7.89. The van der Waals surface area contributed by atoms with Gasteiger partial charge in [0.1, 0.15) is 0 Å². The molecule has 0 aromatic heterocycles. The van der Waals surface area contributed by atoms with Crippen LogP contribution >= 0.6 is 12.4 Å². The predicted molar refractivity (Wildman–Crippen MR) is 106 cm³/mol. The van der Waals surface area contributed by atoms with Crippen LogP contribution in [0.5, 0.6) is 0 Å². The highest BCUT2D eigenvalue weighted by atomic mass is 35.5. The molecule has 6 nitrogen and oxygen atoms in total. The Morgan fingerprint density at radius 3 is 2.63 bits per heavy atom. The molecule has 0 aliphatic carbocycles. The molecule has 1 amide bonds. The molecule has 0 atom stereocenters. The lowest BCUT2D eigenvalue weighted by Crippen LogP contribution is -2.23. The lowest BCUT2D eigenvalue weighted by molar-refractivity contribution is -0.116. The van der Waals surface area contributed by atoms with E-state index in [4.69, 9.17) is 0 Å². The number of hydrogen-bond donors (Lipinski definition) is 3. The minimum absolute atomic E-state index is 0. The summed E-state index contributed by atoms with van der Waals surface area (Å²) < 4.78 is 28.0. The van der Waals surface area contributed by atoms with Crippen LogP contribution in [0.4, 0.5) is 5.69 Å². The summed E-state index contributed by atoms with van der Waals surface area (Å²) in [5.41, 5.74) is 5.00.